The number of nitrogens with zero attached hydrogens (tertiary/aromatic N) is 1. The molecular weight excluding hydrogens is 286 g/mol. The van der Waals surface area contributed by atoms with Crippen molar-refractivity contribution in [3.8, 4) is 0 Å². The summed E-state index contributed by atoms with van der Waals surface area (Å²) in [6.07, 6.45) is 1.79. The molecule has 0 spiro atoms. The first-order chi connectivity index (χ1) is 9.89. The summed E-state index contributed by atoms with van der Waals surface area (Å²) in [5, 5.41) is 0. The van der Waals surface area contributed by atoms with Gasteiger partial charge in [-0.1, -0.05) is 19.9 Å². The Bertz CT molecular complexity index is 527. The third-order valence-electron chi connectivity index (χ3n) is 3.53. The van der Waals surface area contributed by atoms with E-state index in [1.54, 1.807) is 18.2 Å². The van der Waals surface area contributed by atoms with E-state index < -0.39 is 10.0 Å². The van der Waals surface area contributed by atoms with Gasteiger partial charge in [-0.3, -0.25) is 0 Å². The van der Waals surface area contributed by atoms with Crippen LogP contribution in [0.5, 0.6) is 0 Å². The van der Waals surface area contributed by atoms with E-state index in [4.69, 9.17) is 5.73 Å². The molecule has 1 rings (SSSR count). The molecule has 0 aliphatic carbocycles. The summed E-state index contributed by atoms with van der Waals surface area (Å²) in [7, 11) is -3.49. The van der Waals surface area contributed by atoms with Crippen molar-refractivity contribution in [3.05, 3.63) is 24.3 Å². The number of sulfonamides is 1. The molecule has 0 saturated heterocycles. The van der Waals surface area contributed by atoms with Crippen LogP contribution in [-0.4, -0.2) is 39.0 Å². The Labute approximate surface area is 128 Å². The molecule has 5 nitrogen and oxygen atoms in total. The molecule has 1 aromatic carbocycles. The first-order valence-electron chi connectivity index (χ1n) is 7.49. The van der Waals surface area contributed by atoms with E-state index in [9.17, 15) is 8.42 Å². The number of hydrogen-bond acceptors (Lipinski definition) is 4. The van der Waals surface area contributed by atoms with Gasteiger partial charge in [0.25, 0.3) is 0 Å². The van der Waals surface area contributed by atoms with Crippen LogP contribution < -0.4 is 10.5 Å². The van der Waals surface area contributed by atoms with Crippen LogP contribution in [0.4, 0.5) is 5.69 Å². The number of nitrogen functional groups attached to an aromatic ring is 1. The fraction of sp³-hybridized carbons (Fsp3) is 0.600. The highest BCUT2D eigenvalue weighted by Crippen LogP contribution is 2.13. The van der Waals surface area contributed by atoms with Crippen LogP contribution in [0.25, 0.3) is 0 Å². The Morgan fingerprint density at radius 1 is 1.29 bits per heavy atom. The molecule has 120 valence electrons. The zero-order chi connectivity index (χ0) is 15.9. The monoisotopic (exact) mass is 313 g/mol. The standard InChI is InChI=1S/C15H27N3O2S/c1-4-18(5-2)11-7-8-13(3)17-21(19,20)15-10-6-9-14(16)12-15/h6,9-10,12-13,17H,4-5,7-8,11,16H2,1-3H3. The summed E-state index contributed by atoms with van der Waals surface area (Å²) in [5.41, 5.74) is 6.08. The van der Waals surface area contributed by atoms with Gasteiger partial charge in [0.2, 0.25) is 10.0 Å². The Morgan fingerprint density at radius 2 is 1.95 bits per heavy atom. The number of nitrogens with two attached hydrogens (primary N) is 1. The summed E-state index contributed by atoms with van der Waals surface area (Å²) in [5.74, 6) is 0. The van der Waals surface area contributed by atoms with Gasteiger partial charge in [-0.15, -0.1) is 0 Å². The van der Waals surface area contributed by atoms with Crippen LogP contribution >= 0.6 is 0 Å². The molecule has 0 aliphatic rings. The van der Waals surface area contributed by atoms with Gasteiger partial charge >= 0.3 is 0 Å². The molecule has 6 heteroatoms. The van der Waals surface area contributed by atoms with E-state index in [1.165, 1.54) is 6.07 Å². The van der Waals surface area contributed by atoms with Gasteiger partial charge in [0.1, 0.15) is 0 Å². The van der Waals surface area contributed by atoms with Crippen LogP contribution in [0.15, 0.2) is 29.2 Å². The predicted molar refractivity (Wildman–Crippen MR) is 87.7 cm³/mol. The van der Waals surface area contributed by atoms with Gasteiger partial charge in [0.15, 0.2) is 0 Å². The molecule has 0 saturated carbocycles. The summed E-state index contributed by atoms with van der Waals surface area (Å²) in [4.78, 5) is 2.55. The van der Waals surface area contributed by atoms with Crippen LogP contribution in [0, 0.1) is 0 Å². The van der Waals surface area contributed by atoms with Crippen LogP contribution in [0.1, 0.15) is 33.6 Å². The van der Waals surface area contributed by atoms with Crippen molar-refractivity contribution in [2.75, 3.05) is 25.4 Å². The maximum absolute atomic E-state index is 12.2. The predicted octanol–water partition coefficient (Wildman–Crippen LogP) is 2.06. The highest BCUT2D eigenvalue weighted by molar-refractivity contribution is 7.89. The fourth-order valence-corrected chi connectivity index (χ4v) is 3.57. The Hall–Kier alpha value is -1.11. The molecule has 0 radical (unpaired) electrons. The average molecular weight is 313 g/mol. The van der Waals surface area contributed by atoms with Gasteiger partial charge in [-0.05, 0) is 57.6 Å². The van der Waals surface area contributed by atoms with Crippen LogP contribution in [0.2, 0.25) is 0 Å². The van der Waals surface area contributed by atoms with Crippen LogP contribution in [0.3, 0.4) is 0 Å². The third kappa shape index (κ3) is 6.03. The maximum atomic E-state index is 12.2. The lowest BCUT2D eigenvalue weighted by atomic mass is 10.2. The van der Waals surface area contributed by atoms with E-state index in [2.05, 4.69) is 23.5 Å². The average Bonchev–Trinajstić information content (AvgIpc) is 2.43. The summed E-state index contributed by atoms with van der Waals surface area (Å²) >= 11 is 0. The van der Waals surface area contributed by atoms with Crippen LogP contribution in [-0.2, 0) is 10.0 Å². The Kier molecular flexibility index (Phi) is 7.14. The van der Waals surface area contributed by atoms with E-state index in [-0.39, 0.29) is 10.9 Å². The summed E-state index contributed by atoms with van der Waals surface area (Å²) in [6, 6.07) is 6.26. The van der Waals surface area contributed by atoms with E-state index in [0.717, 1.165) is 32.5 Å². The number of nitrogens with one attached hydrogen (secondary N) is 1. The minimum atomic E-state index is -3.49. The molecule has 0 amide bonds. The number of rotatable bonds is 9. The zero-order valence-electron chi connectivity index (χ0n) is 13.2. The minimum Gasteiger partial charge on any atom is -0.399 e. The van der Waals surface area contributed by atoms with Crippen molar-refractivity contribution in [1.82, 2.24) is 9.62 Å². The Balaban J connectivity index is 2.52. The van der Waals surface area contributed by atoms with E-state index in [0.29, 0.717) is 5.69 Å². The maximum Gasteiger partial charge on any atom is 0.240 e. The van der Waals surface area contributed by atoms with Gasteiger partial charge in [0, 0.05) is 11.7 Å². The molecule has 1 atom stereocenters. The number of benzene rings is 1. The van der Waals surface area contributed by atoms with Gasteiger partial charge in [0.05, 0.1) is 4.90 Å². The second-order valence-corrected chi connectivity index (χ2v) is 6.98. The smallest absolute Gasteiger partial charge is 0.240 e. The Morgan fingerprint density at radius 3 is 2.52 bits per heavy atom. The van der Waals surface area contributed by atoms with Gasteiger partial charge < -0.3 is 10.6 Å². The number of anilines is 1. The summed E-state index contributed by atoms with van der Waals surface area (Å²) < 4.78 is 27.2. The normalized spacial score (nSPS) is 13.5. The second-order valence-electron chi connectivity index (χ2n) is 5.26. The zero-order valence-corrected chi connectivity index (χ0v) is 14.0. The first kappa shape index (κ1) is 17.9. The van der Waals surface area contributed by atoms with Gasteiger partial charge in [-0.25, -0.2) is 13.1 Å². The number of hydrogen-bond donors (Lipinski definition) is 2. The molecule has 21 heavy (non-hydrogen) atoms. The lowest BCUT2D eigenvalue weighted by Crippen LogP contribution is -2.33. The van der Waals surface area contributed by atoms with Crippen molar-refractivity contribution < 1.29 is 8.42 Å². The van der Waals surface area contributed by atoms with Crippen molar-refractivity contribution in [1.29, 1.82) is 0 Å². The van der Waals surface area contributed by atoms with E-state index >= 15 is 0 Å². The molecule has 0 bridgehead atoms. The lowest BCUT2D eigenvalue weighted by molar-refractivity contribution is 0.293. The molecule has 0 fully saturated rings. The van der Waals surface area contributed by atoms with Gasteiger partial charge in [-0.2, -0.15) is 0 Å². The molecule has 1 unspecified atom stereocenters. The molecule has 0 heterocycles. The van der Waals surface area contributed by atoms with Crippen molar-refractivity contribution >= 4 is 15.7 Å². The lowest BCUT2D eigenvalue weighted by Gasteiger charge is -2.19. The minimum absolute atomic E-state index is 0.0907. The third-order valence-corrected chi connectivity index (χ3v) is 5.12. The van der Waals surface area contributed by atoms with Crippen molar-refractivity contribution in [3.63, 3.8) is 0 Å². The summed E-state index contributed by atoms with van der Waals surface area (Å²) in [6.45, 7) is 9.22. The molecule has 0 aromatic heterocycles. The first-order valence-corrected chi connectivity index (χ1v) is 8.97. The fourth-order valence-electron chi connectivity index (χ4n) is 2.23. The highest BCUT2D eigenvalue weighted by Gasteiger charge is 2.17. The molecule has 3 N–H and O–H groups in total. The van der Waals surface area contributed by atoms with E-state index in [1.807, 2.05) is 6.92 Å². The second kappa shape index (κ2) is 8.36. The quantitative estimate of drug-likeness (QED) is 0.684. The largest absolute Gasteiger partial charge is 0.399 e. The molecular formula is C15H27N3O2S. The molecule has 1 aromatic rings. The molecule has 0 aliphatic heterocycles. The topological polar surface area (TPSA) is 75.4 Å². The van der Waals surface area contributed by atoms with Crippen molar-refractivity contribution in [2.45, 2.75) is 44.6 Å². The SMILES string of the molecule is CCN(CC)CCCC(C)NS(=O)(=O)c1cccc(N)c1. The highest BCUT2D eigenvalue weighted by atomic mass is 32.2. The van der Waals surface area contributed by atoms with Crippen molar-refractivity contribution in [2.24, 2.45) is 0 Å².